The summed E-state index contributed by atoms with van der Waals surface area (Å²) in [6, 6.07) is 7.26. The van der Waals surface area contributed by atoms with Gasteiger partial charge < -0.3 is 4.42 Å². The van der Waals surface area contributed by atoms with Gasteiger partial charge in [-0.1, -0.05) is 6.92 Å². The minimum Gasteiger partial charge on any atom is -0.423 e. The summed E-state index contributed by atoms with van der Waals surface area (Å²) in [6.45, 7) is 4.15. The quantitative estimate of drug-likeness (QED) is 0.644. The van der Waals surface area contributed by atoms with Gasteiger partial charge in [0.15, 0.2) is 0 Å². The molecule has 14 heavy (non-hydrogen) atoms. The van der Waals surface area contributed by atoms with Crippen molar-refractivity contribution in [3.63, 3.8) is 0 Å². The molecule has 0 unspecified atom stereocenters. The summed E-state index contributed by atoms with van der Waals surface area (Å²) in [7, 11) is 0. The molecule has 1 aromatic carbocycles. The van der Waals surface area contributed by atoms with Crippen LogP contribution in [0.3, 0.4) is 0 Å². The largest absolute Gasteiger partial charge is 0.423 e. The van der Waals surface area contributed by atoms with E-state index in [1.54, 1.807) is 6.07 Å². The van der Waals surface area contributed by atoms with Crippen LogP contribution in [0.15, 0.2) is 33.5 Å². The third-order valence-electron chi connectivity index (χ3n) is 2.46. The van der Waals surface area contributed by atoms with Crippen molar-refractivity contribution in [2.45, 2.75) is 20.3 Å². The molecule has 0 bridgehead atoms. The topological polar surface area (TPSA) is 30.2 Å². The minimum atomic E-state index is -0.291. The fourth-order valence-electron chi connectivity index (χ4n) is 1.65. The van der Waals surface area contributed by atoms with Crippen LogP contribution in [-0.2, 0) is 6.42 Å². The van der Waals surface area contributed by atoms with Crippen LogP contribution < -0.4 is 5.63 Å². The number of hydrogen-bond acceptors (Lipinski definition) is 2. The van der Waals surface area contributed by atoms with Crippen molar-refractivity contribution in [3.05, 3.63) is 45.8 Å². The Morgan fingerprint density at radius 3 is 2.79 bits per heavy atom. The van der Waals surface area contributed by atoms with Crippen LogP contribution in [0.2, 0.25) is 0 Å². The van der Waals surface area contributed by atoms with Crippen molar-refractivity contribution in [1.29, 1.82) is 0 Å². The van der Waals surface area contributed by atoms with E-state index in [0.717, 1.165) is 11.8 Å². The van der Waals surface area contributed by atoms with Gasteiger partial charge in [-0.05, 0) is 42.7 Å². The number of fused-ring (bicyclic) bond motifs is 1. The number of aryl methyl sites for hydroxylation is 2. The van der Waals surface area contributed by atoms with Gasteiger partial charge in [-0.3, -0.25) is 0 Å². The average molecular weight is 188 g/mol. The Morgan fingerprint density at radius 2 is 2.07 bits per heavy atom. The first-order valence-electron chi connectivity index (χ1n) is 4.74. The van der Waals surface area contributed by atoms with Crippen LogP contribution in [0.4, 0.5) is 0 Å². The first-order chi connectivity index (χ1) is 6.70. The van der Waals surface area contributed by atoms with Gasteiger partial charge in [-0.2, -0.15) is 0 Å². The zero-order valence-electron chi connectivity index (χ0n) is 8.33. The molecule has 2 aromatic rings. The zero-order valence-corrected chi connectivity index (χ0v) is 8.33. The van der Waals surface area contributed by atoms with Gasteiger partial charge in [0.1, 0.15) is 5.58 Å². The Hall–Kier alpha value is -1.57. The van der Waals surface area contributed by atoms with E-state index in [-0.39, 0.29) is 5.63 Å². The fourth-order valence-corrected chi connectivity index (χ4v) is 1.65. The lowest BCUT2D eigenvalue weighted by atomic mass is 10.0. The maximum Gasteiger partial charge on any atom is 0.336 e. The second kappa shape index (κ2) is 3.29. The van der Waals surface area contributed by atoms with Crippen molar-refractivity contribution in [2.75, 3.05) is 0 Å². The summed E-state index contributed by atoms with van der Waals surface area (Å²) >= 11 is 0. The van der Waals surface area contributed by atoms with Crippen LogP contribution >= 0.6 is 0 Å². The minimum absolute atomic E-state index is 0.291. The van der Waals surface area contributed by atoms with Crippen molar-refractivity contribution in [3.8, 4) is 0 Å². The van der Waals surface area contributed by atoms with Crippen molar-refractivity contribution < 1.29 is 4.42 Å². The highest BCUT2D eigenvalue weighted by Gasteiger charge is 2.01. The normalized spacial score (nSPS) is 10.7. The van der Waals surface area contributed by atoms with Crippen LogP contribution in [0.1, 0.15) is 18.1 Å². The molecule has 0 aliphatic rings. The lowest BCUT2D eigenvalue weighted by Gasteiger charge is -2.04. The van der Waals surface area contributed by atoms with Crippen LogP contribution in [0, 0.1) is 6.92 Å². The Labute approximate surface area is 82.2 Å². The lowest BCUT2D eigenvalue weighted by Crippen LogP contribution is -1.95. The summed E-state index contributed by atoms with van der Waals surface area (Å²) in [4.78, 5) is 11.0. The van der Waals surface area contributed by atoms with Gasteiger partial charge in [0, 0.05) is 11.5 Å². The molecule has 0 radical (unpaired) electrons. The first-order valence-corrected chi connectivity index (χ1v) is 4.74. The highest BCUT2D eigenvalue weighted by atomic mass is 16.4. The molecule has 0 saturated carbocycles. The van der Waals surface area contributed by atoms with Crippen LogP contribution in [0.5, 0.6) is 0 Å². The summed E-state index contributed by atoms with van der Waals surface area (Å²) in [6.07, 6.45) is 1.00. The Morgan fingerprint density at radius 1 is 1.29 bits per heavy atom. The lowest BCUT2D eigenvalue weighted by molar-refractivity contribution is 0.560. The molecular formula is C12H12O2. The smallest absolute Gasteiger partial charge is 0.336 e. The third kappa shape index (κ3) is 1.43. The third-order valence-corrected chi connectivity index (χ3v) is 2.46. The maximum atomic E-state index is 11.0. The predicted molar refractivity (Wildman–Crippen MR) is 56.6 cm³/mol. The standard InChI is InChI=1S/C12H12O2/c1-3-9-7-10-4-5-12(13)14-11(10)6-8(9)2/h4-7H,3H2,1-2H3. The monoisotopic (exact) mass is 188 g/mol. The van der Waals surface area contributed by atoms with Gasteiger partial charge in [-0.15, -0.1) is 0 Å². The van der Waals surface area contributed by atoms with Crippen LogP contribution in [-0.4, -0.2) is 0 Å². The summed E-state index contributed by atoms with van der Waals surface area (Å²) in [5.41, 5.74) is 2.86. The Bertz CT molecular complexity index is 523. The molecular weight excluding hydrogens is 176 g/mol. The van der Waals surface area contributed by atoms with Gasteiger partial charge in [-0.25, -0.2) is 4.79 Å². The predicted octanol–water partition coefficient (Wildman–Crippen LogP) is 2.66. The summed E-state index contributed by atoms with van der Waals surface area (Å²) in [5, 5.41) is 0.993. The Balaban J connectivity index is 2.79. The number of rotatable bonds is 1. The summed E-state index contributed by atoms with van der Waals surface area (Å²) < 4.78 is 5.09. The molecule has 0 fully saturated rings. The van der Waals surface area contributed by atoms with E-state index in [9.17, 15) is 4.79 Å². The van der Waals surface area contributed by atoms with Gasteiger partial charge in [0.2, 0.25) is 0 Å². The molecule has 0 saturated heterocycles. The maximum absolute atomic E-state index is 11.0. The molecule has 0 atom stereocenters. The number of hydrogen-bond donors (Lipinski definition) is 0. The number of benzene rings is 1. The highest BCUT2D eigenvalue weighted by Crippen LogP contribution is 2.18. The van der Waals surface area contributed by atoms with Gasteiger partial charge >= 0.3 is 5.63 Å². The van der Waals surface area contributed by atoms with E-state index < -0.39 is 0 Å². The second-order valence-corrected chi connectivity index (χ2v) is 3.42. The fraction of sp³-hybridized carbons (Fsp3) is 0.250. The molecule has 2 rings (SSSR count). The molecule has 1 heterocycles. The van der Waals surface area contributed by atoms with E-state index in [0.29, 0.717) is 5.58 Å². The van der Waals surface area contributed by atoms with Crippen molar-refractivity contribution in [1.82, 2.24) is 0 Å². The molecule has 0 amide bonds. The summed E-state index contributed by atoms with van der Waals surface area (Å²) in [5.74, 6) is 0. The molecule has 2 nitrogen and oxygen atoms in total. The van der Waals surface area contributed by atoms with Gasteiger partial charge in [0.25, 0.3) is 0 Å². The van der Waals surface area contributed by atoms with Gasteiger partial charge in [0.05, 0.1) is 0 Å². The first kappa shape index (κ1) is 9.00. The zero-order chi connectivity index (χ0) is 10.1. The van der Waals surface area contributed by atoms with E-state index in [1.165, 1.54) is 17.2 Å². The van der Waals surface area contributed by atoms with E-state index >= 15 is 0 Å². The molecule has 0 N–H and O–H groups in total. The van der Waals surface area contributed by atoms with Crippen molar-refractivity contribution in [2.24, 2.45) is 0 Å². The van der Waals surface area contributed by atoms with E-state index in [1.807, 2.05) is 13.0 Å². The average Bonchev–Trinajstić information content (AvgIpc) is 2.16. The van der Waals surface area contributed by atoms with Crippen molar-refractivity contribution >= 4 is 11.0 Å². The van der Waals surface area contributed by atoms with Crippen LogP contribution in [0.25, 0.3) is 11.0 Å². The Kier molecular flexibility index (Phi) is 2.12. The molecule has 1 aromatic heterocycles. The molecule has 72 valence electrons. The molecule has 0 aliphatic heterocycles. The highest BCUT2D eigenvalue weighted by molar-refractivity contribution is 5.78. The molecule has 0 spiro atoms. The SMILES string of the molecule is CCc1cc2ccc(=O)oc2cc1C. The second-order valence-electron chi connectivity index (χ2n) is 3.42. The van der Waals surface area contributed by atoms with E-state index in [4.69, 9.17) is 4.42 Å². The van der Waals surface area contributed by atoms with E-state index in [2.05, 4.69) is 13.0 Å². The molecule has 2 heteroatoms. The molecule has 0 aliphatic carbocycles.